The van der Waals surface area contributed by atoms with Gasteiger partial charge in [0.25, 0.3) is 5.91 Å². The van der Waals surface area contributed by atoms with Crippen molar-refractivity contribution in [1.29, 1.82) is 0 Å². The Morgan fingerprint density at radius 3 is 2.63 bits per heavy atom. The molecule has 0 aliphatic carbocycles. The minimum Gasteiger partial charge on any atom is -0.480 e. The second kappa shape index (κ2) is 6.35. The van der Waals surface area contributed by atoms with Crippen LogP contribution in [0.1, 0.15) is 27.8 Å². The van der Waals surface area contributed by atoms with Crippen LogP contribution in [0.5, 0.6) is 0 Å². The summed E-state index contributed by atoms with van der Waals surface area (Å²) in [5, 5.41) is 21.5. The molecule has 1 unspecified atom stereocenters. The van der Waals surface area contributed by atoms with Gasteiger partial charge in [-0.15, -0.1) is 10.2 Å². The van der Waals surface area contributed by atoms with Crippen molar-refractivity contribution in [3.8, 4) is 11.3 Å². The highest BCUT2D eigenvalue weighted by molar-refractivity contribution is 5.95. The average molecular weight is 367 g/mol. The molecule has 9 nitrogen and oxygen atoms in total. The van der Waals surface area contributed by atoms with Gasteiger partial charge in [0, 0.05) is 11.6 Å². The van der Waals surface area contributed by atoms with E-state index in [-0.39, 0.29) is 18.8 Å². The zero-order valence-corrected chi connectivity index (χ0v) is 14.8. The number of carboxylic acids is 1. The van der Waals surface area contributed by atoms with Crippen LogP contribution in [0, 0.1) is 13.8 Å². The number of fused-ring (bicyclic) bond motifs is 1. The van der Waals surface area contributed by atoms with Crippen molar-refractivity contribution >= 4 is 11.9 Å². The van der Waals surface area contributed by atoms with Crippen LogP contribution in [-0.2, 0) is 17.9 Å². The molecule has 1 aliphatic rings. The van der Waals surface area contributed by atoms with E-state index in [4.69, 9.17) is 4.52 Å². The standard InChI is InChI=1S/C18H17N5O4/c1-10-3-5-12(6-4-10)13-7-15(27-21-13)17(24)23-9-16-20-19-11(2)22(16)8-14(23)18(25)26/h3-7,14H,8-9H2,1-2H3,(H,25,26). The molecule has 1 aromatic carbocycles. The summed E-state index contributed by atoms with van der Waals surface area (Å²) < 4.78 is 6.92. The average Bonchev–Trinajstić information content (AvgIpc) is 3.28. The number of nitrogens with zero attached hydrogens (tertiary/aromatic N) is 5. The number of aromatic nitrogens is 4. The number of aryl methyl sites for hydroxylation is 2. The van der Waals surface area contributed by atoms with Gasteiger partial charge in [-0.25, -0.2) is 4.79 Å². The topological polar surface area (TPSA) is 114 Å². The molecule has 9 heteroatoms. The van der Waals surface area contributed by atoms with Gasteiger partial charge in [0.2, 0.25) is 5.76 Å². The molecule has 3 heterocycles. The highest BCUT2D eigenvalue weighted by atomic mass is 16.5. The normalized spacial score (nSPS) is 16.2. The minimum atomic E-state index is -1.10. The van der Waals surface area contributed by atoms with E-state index in [0.717, 1.165) is 11.1 Å². The molecule has 1 atom stereocenters. The highest BCUT2D eigenvalue weighted by Crippen LogP contribution is 2.24. The van der Waals surface area contributed by atoms with Gasteiger partial charge in [0.1, 0.15) is 17.6 Å². The van der Waals surface area contributed by atoms with Crippen LogP contribution in [0.15, 0.2) is 34.9 Å². The van der Waals surface area contributed by atoms with Crippen molar-refractivity contribution in [1.82, 2.24) is 24.8 Å². The number of rotatable bonds is 3. The number of benzene rings is 1. The van der Waals surface area contributed by atoms with Gasteiger partial charge in [0.05, 0.1) is 13.1 Å². The predicted molar refractivity (Wildman–Crippen MR) is 92.7 cm³/mol. The lowest BCUT2D eigenvalue weighted by atomic mass is 10.1. The fraction of sp³-hybridized carbons (Fsp3) is 0.278. The molecule has 1 aliphatic heterocycles. The third-order valence-corrected chi connectivity index (χ3v) is 4.67. The van der Waals surface area contributed by atoms with E-state index in [9.17, 15) is 14.7 Å². The third-order valence-electron chi connectivity index (χ3n) is 4.67. The number of carboxylic acid groups (broad SMARTS) is 1. The van der Waals surface area contributed by atoms with E-state index < -0.39 is 17.9 Å². The summed E-state index contributed by atoms with van der Waals surface area (Å²) in [4.78, 5) is 25.8. The third kappa shape index (κ3) is 2.97. The Kier molecular flexibility index (Phi) is 3.98. The molecule has 1 N–H and O–H groups in total. The lowest BCUT2D eigenvalue weighted by Gasteiger charge is -2.32. The lowest BCUT2D eigenvalue weighted by Crippen LogP contribution is -2.50. The van der Waals surface area contributed by atoms with E-state index in [2.05, 4.69) is 15.4 Å². The quantitative estimate of drug-likeness (QED) is 0.748. The molecular weight excluding hydrogens is 350 g/mol. The number of carbonyl (C=O) groups excluding carboxylic acids is 1. The van der Waals surface area contributed by atoms with E-state index >= 15 is 0 Å². The van der Waals surface area contributed by atoms with Crippen molar-refractivity contribution in [3.05, 3.63) is 53.3 Å². The zero-order chi connectivity index (χ0) is 19.1. The van der Waals surface area contributed by atoms with Crippen LogP contribution >= 0.6 is 0 Å². The Morgan fingerprint density at radius 1 is 1.19 bits per heavy atom. The summed E-state index contributed by atoms with van der Waals surface area (Å²) in [5.41, 5.74) is 2.43. The number of carbonyl (C=O) groups is 2. The fourth-order valence-electron chi connectivity index (χ4n) is 3.12. The first kappa shape index (κ1) is 17.0. The smallest absolute Gasteiger partial charge is 0.328 e. The molecule has 0 radical (unpaired) electrons. The molecule has 3 aromatic rings. The van der Waals surface area contributed by atoms with Gasteiger partial charge < -0.3 is 19.1 Å². The summed E-state index contributed by atoms with van der Waals surface area (Å²) in [7, 11) is 0. The maximum atomic E-state index is 12.9. The first-order chi connectivity index (χ1) is 12.9. The molecule has 2 aromatic heterocycles. The Morgan fingerprint density at radius 2 is 1.93 bits per heavy atom. The molecule has 1 amide bonds. The maximum absolute atomic E-state index is 12.9. The number of hydrogen-bond donors (Lipinski definition) is 1. The van der Waals surface area contributed by atoms with E-state index in [1.54, 1.807) is 11.5 Å². The Balaban J connectivity index is 1.63. The minimum absolute atomic E-state index is 0.0125. The second-order valence-electron chi connectivity index (χ2n) is 6.50. The summed E-state index contributed by atoms with van der Waals surface area (Å²) in [5.74, 6) is -0.497. The molecule has 0 saturated carbocycles. The van der Waals surface area contributed by atoms with Crippen molar-refractivity contribution in [2.75, 3.05) is 0 Å². The molecular formula is C18H17N5O4. The number of hydrogen-bond acceptors (Lipinski definition) is 6. The van der Waals surface area contributed by atoms with Gasteiger partial charge in [-0.1, -0.05) is 35.0 Å². The zero-order valence-electron chi connectivity index (χ0n) is 14.8. The number of amides is 1. The fourth-order valence-corrected chi connectivity index (χ4v) is 3.12. The van der Waals surface area contributed by atoms with E-state index in [1.807, 2.05) is 31.2 Å². The number of aliphatic carboxylic acids is 1. The summed E-state index contributed by atoms with van der Waals surface area (Å²) in [6.45, 7) is 3.85. The second-order valence-corrected chi connectivity index (χ2v) is 6.50. The molecule has 138 valence electrons. The molecule has 0 spiro atoms. The molecule has 0 fully saturated rings. The van der Waals surface area contributed by atoms with Crippen molar-refractivity contribution in [3.63, 3.8) is 0 Å². The van der Waals surface area contributed by atoms with Crippen molar-refractivity contribution < 1.29 is 19.2 Å². The van der Waals surface area contributed by atoms with E-state index in [0.29, 0.717) is 17.3 Å². The Labute approximate surface area is 154 Å². The van der Waals surface area contributed by atoms with Gasteiger partial charge >= 0.3 is 5.97 Å². The predicted octanol–water partition coefficient (Wildman–Crippen LogP) is 1.66. The first-order valence-electron chi connectivity index (χ1n) is 8.40. The van der Waals surface area contributed by atoms with Crippen LogP contribution < -0.4 is 0 Å². The van der Waals surface area contributed by atoms with Gasteiger partial charge in [-0.2, -0.15) is 0 Å². The van der Waals surface area contributed by atoms with Gasteiger partial charge in [-0.3, -0.25) is 4.79 Å². The van der Waals surface area contributed by atoms with Gasteiger partial charge in [-0.05, 0) is 13.8 Å². The molecule has 0 saturated heterocycles. The summed E-state index contributed by atoms with van der Waals surface area (Å²) in [6, 6.07) is 8.13. The van der Waals surface area contributed by atoms with E-state index in [1.165, 1.54) is 11.0 Å². The largest absolute Gasteiger partial charge is 0.480 e. The maximum Gasteiger partial charge on any atom is 0.328 e. The highest BCUT2D eigenvalue weighted by Gasteiger charge is 2.38. The van der Waals surface area contributed by atoms with Crippen LogP contribution in [-0.4, -0.2) is 47.8 Å². The molecule has 0 bridgehead atoms. The van der Waals surface area contributed by atoms with Crippen LogP contribution in [0.25, 0.3) is 11.3 Å². The lowest BCUT2D eigenvalue weighted by molar-refractivity contribution is -0.143. The van der Waals surface area contributed by atoms with Gasteiger partial charge in [0.15, 0.2) is 5.82 Å². The summed E-state index contributed by atoms with van der Waals surface area (Å²) >= 11 is 0. The van der Waals surface area contributed by atoms with Crippen LogP contribution in [0.2, 0.25) is 0 Å². The van der Waals surface area contributed by atoms with Crippen molar-refractivity contribution in [2.24, 2.45) is 0 Å². The van der Waals surface area contributed by atoms with Crippen LogP contribution in [0.4, 0.5) is 0 Å². The SMILES string of the molecule is Cc1ccc(-c2cc(C(=O)N3Cc4nnc(C)n4CC3C(=O)O)on2)cc1. The van der Waals surface area contributed by atoms with Crippen LogP contribution in [0.3, 0.4) is 0 Å². The monoisotopic (exact) mass is 367 g/mol. The molecule has 4 rings (SSSR count). The first-order valence-corrected chi connectivity index (χ1v) is 8.40. The Hall–Kier alpha value is -3.49. The molecule has 27 heavy (non-hydrogen) atoms. The van der Waals surface area contributed by atoms with Crippen molar-refractivity contribution in [2.45, 2.75) is 33.0 Å². The summed E-state index contributed by atoms with van der Waals surface area (Å²) in [6.07, 6.45) is 0. The Bertz CT molecular complexity index is 1020.